The molecule has 0 bridgehead atoms. The van der Waals surface area contributed by atoms with Gasteiger partial charge in [0.25, 0.3) is 0 Å². The smallest absolute Gasteiger partial charge is 0.358 e. The zero-order valence-electron chi connectivity index (χ0n) is 7.64. The molecular formula is C10H10F3O. The highest BCUT2D eigenvalue weighted by atomic mass is 19.4. The molecule has 0 aliphatic carbocycles. The Hall–Kier alpha value is -1.03. The molecule has 0 saturated heterocycles. The van der Waals surface area contributed by atoms with Crippen molar-refractivity contribution in [3.8, 4) is 0 Å². The van der Waals surface area contributed by atoms with Crippen LogP contribution in [0.1, 0.15) is 12.5 Å². The Labute approximate surface area is 80.5 Å². The van der Waals surface area contributed by atoms with E-state index in [0.717, 1.165) is 0 Å². The lowest BCUT2D eigenvalue weighted by Crippen LogP contribution is -2.24. The molecular weight excluding hydrogens is 193 g/mol. The number of rotatable bonds is 3. The SMILES string of the molecule is CCO[C](c1ccccc1)C(F)(F)F. The van der Waals surface area contributed by atoms with Crippen LogP contribution in [0.4, 0.5) is 13.2 Å². The van der Waals surface area contributed by atoms with Gasteiger partial charge in [-0.3, -0.25) is 0 Å². The van der Waals surface area contributed by atoms with Gasteiger partial charge in [-0.1, -0.05) is 30.3 Å². The van der Waals surface area contributed by atoms with Gasteiger partial charge < -0.3 is 4.74 Å². The Balaban J connectivity index is 2.89. The second kappa shape index (κ2) is 4.46. The summed E-state index contributed by atoms with van der Waals surface area (Å²) < 4.78 is 41.9. The largest absolute Gasteiger partial charge is 0.425 e. The number of hydrogen-bond donors (Lipinski definition) is 0. The van der Waals surface area contributed by atoms with Crippen LogP contribution in [-0.4, -0.2) is 12.8 Å². The lowest BCUT2D eigenvalue weighted by Gasteiger charge is -2.18. The van der Waals surface area contributed by atoms with Crippen LogP contribution in [-0.2, 0) is 4.74 Å². The van der Waals surface area contributed by atoms with Gasteiger partial charge in [-0.25, -0.2) is 0 Å². The fourth-order valence-electron chi connectivity index (χ4n) is 1.06. The fraction of sp³-hybridized carbons (Fsp3) is 0.300. The van der Waals surface area contributed by atoms with Gasteiger partial charge in [-0.05, 0) is 12.5 Å². The van der Waals surface area contributed by atoms with Gasteiger partial charge >= 0.3 is 6.18 Å². The highest BCUT2D eigenvalue weighted by molar-refractivity contribution is 5.29. The van der Waals surface area contributed by atoms with E-state index in [4.69, 9.17) is 0 Å². The summed E-state index contributed by atoms with van der Waals surface area (Å²) in [6, 6.07) is 7.49. The molecule has 1 rings (SSSR count). The Kier molecular flexibility index (Phi) is 3.52. The summed E-state index contributed by atoms with van der Waals surface area (Å²) in [5.41, 5.74) is 0.0573. The topological polar surface area (TPSA) is 9.23 Å². The van der Waals surface area contributed by atoms with Crippen molar-refractivity contribution in [1.29, 1.82) is 0 Å². The molecule has 0 amide bonds. The molecule has 0 saturated carbocycles. The molecule has 4 heteroatoms. The fourth-order valence-corrected chi connectivity index (χ4v) is 1.06. The molecule has 77 valence electrons. The molecule has 0 aliphatic rings. The van der Waals surface area contributed by atoms with E-state index in [0.29, 0.717) is 0 Å². The monoisotopic (exact) mass is 203 g/mol. The summed E-state index contributed by atoms with van der Waals surface area (Å²) in [5, 5.41) is 0. The highest BCUT2D eigenvalue weighted by Crippen LogP contribution is 2.34. The van der Waals surface area contributed by atoms with Gasteiger partial charge in [0.15, 0.2) is 0 Å². The number of hydrogen-bond acceptors (Lipinski definition) is 1. The normalized spacial score (nSPS) is 12.1. The van der Waals surface area contributed by atoms with E-state index in [9.17, 15) is 13.2 Å². The number of halogens is 3. The van der Waals surface area contributed by atoms with E-state index in [-0.39, 0.29) is 12.2 Å². The quantitative estimate of drug-likeness (QED) is 0.733. The van der Waals surface area contributed by atoms with Crippen molar-refractivity contribution in [2.75, 3.05) is 6.61 Å². The van der Waals surface area contributed by atoms with Gasteiger partial charge in [-0.2, -0.15) is 13.2 Å². The van der Waals surface area contributed by atoms with Crippen molar-refractivity contribution in [3.63, 3.8) is 0 Å². The lowest BCUT2D eigenvalue weighted by atomic mass is 10.1. The Bertz CT molecular complexity index is 268. The van der Waals surface area contributed by atoms with Crippen molar-refractivity contribution in [3.05, 3.63) is 42.0 Å². The maximum atomic E-state index is 12.4. The Morgan fingerprint density at radius 3 is 2.21 bits per heavy atom. The second-order valence-electron chi connectivity index (χ2n) is 2.63. The van der Waals surface area contributed by atoms with Crippen molar-refractivity contribution in [1.82, 2.24) is 0 Å². The predicted molar refractivity (Wildman–Crippen MR) is 46.5 cm³/mol. The summed E-state index contributed by atoms with van der Waals surface area (Å²) in [5.74, 6) is 0. The van der Waals surface area contributed by atoms with Gasteiger partial charge in [0.2, 0.25) is 6.10 Å². The van der Waals surface area contributed by atoms with Crippen LogP contribution in [0.5, 0.6) is 0 Å². The first kappa shape index (κ1) is 11.0. The molecule has 0 unspecified atom stereocenters. The first-order valence-corrected chi connectivity index (χ1v) is 4.18. The van der Waals surface area contributed by atoms with Gasteiger partial charge in [0, 0.05) is 6.61 Å². The maximum absolute atomic E-state index is 12.4. The van der Waals surface area contributed by atoms with E-state index in [1.54, 1.807) is 18.2 Å². The number of alkyl halides is 3. The third-order valence-corrected chi connectivity index (χ3v) is 1.58. The molecule has 0 heterocycles. The van der Waals surface area contributed by atoms with E-state index in [1.807, 2.05) is 0 Å². The van der Waals surface area contributed by atoms with E-state index < -0.39 is 12.3 Å². The number of ether oxygens (including phenoxy) is 1. The average Bonchev–Trinajstić information content (AvgIpc) is 2.14. The number of benzene rings is 1. The first-order chi connectivity index (χ1) is 6.55. The zero-order chi connectivity index (χ0) is 10.6. The molecule has 0 spiro atoms. The molecule has 1 aromatic rings. The predicted octanol–water partition coefficient (Wildman–Crippen LogP) is 3.17. The van der Waals surface area contributed by atoms with Crippen LogP contribution < -0.4 is 0 Å². The zero-order valence-corrected chi connectivity index (χ0v) is 7.64. The minimum absolute atomic E-state index is 0.00371. The van der Waals surface area contributed by atoms with E-state index in [2.05, 4.69) is 4.74 Å². The minimum Gasteiger partial charge on any atom is -0.358 e. The molecule has 14 heavy (non-hydrogen) atoms. The molecule has 0 atom stereocenters. The van der Waals surface area contributed by atoms with Crippen LogP contribution in [0.15, 0.2) is 30.3 Å². The van der Waals surface area contributed by atoms with Gasteiger partial charge in [0.05, 0.1) is 0 Å². The van der Waals surface area contributed by atoms with Crippen molar-refractivity contribution in [2.45, 2.75) is 13.1 Å². The van der Waals surface area contributed by atoms with E-state index in [1.165, 1.54) is 19.1 Å². The second-order valence-corrected chi connectivity index (χ2v) is 2.63. The van der Waals surface area contributed by atoms with E-state index >= 15 is 0 Å². The van der Waals surface area contributed by atoms with Crippen molar-refractivity contribution >= 4 is 0 Å². The summed E-state index contributed by atoms with van der Waals surface area (Å²) >= 11 is 0. The van der Waals surface area contributed by atoms with Gasteiger partial charge in [-0.15, -0.1) is 0 Å². The molecule has 1 aromatic carbocycles. The lowest BCUT2D eigenvalue weighted by molar-refractivity contribution is -0.157. The Morgan fingerprint density at radius 1 is 1.21 bits per heavy atom. The molecule has 0 N–H and O–H groups in total. The van der Waals surface area contributed by atoms with Gasteiger partial charge in [0.1, 0.15) is 0 Å². The summed E-state index contributed by atoms with van der Waals surface area (Å²) in [7, 11) is 0. The summed E-state index contributed by atoms with van der Waals surface area (Å²) in [6.45, 7) is 1.53. The van der Waals surface area contributed by atoms with Crippen molar-refractivity contribution < 1.29 is 17.9 Å². The van der Waals surface area contributed by atoms with Crippen LogP contribution >= 0.6 is 0 Å². The third-order valence-electron chi connectivity index (χ3n) is 1.58. The van der Waals surface area contributed by atoms with Crippen LogP contribution in [0.2, 0.25) is 0 Å². The van der Waals surface area contributed by atoms with Crippen LogP contribution in [0.3, 0.4) is 0 Å². The highest BCUT2D eigenvalue weighted by Gasteiger charge is 2.43. The standard InChI is InChI=1S/C10H10F3O/c1-2-14-9(10(11,12)13)8-6-4-3-5-7-8/h3-7H,2H2,1H3. The third kappa shape index (κ3) is 2.73. The van der Waals surface area contributed by atoms with Crippen LogP contribution in [0, 0.1) is 6.10 Å². The Morgan fingerprint density at radius 2 is 1.79 bits per heavy atom. The summed E-state index contributed by atoms with van der Waals surface area (Å²) in [4.78, 5) is 0. The summed E-state index contributed by atoms with van der Waals surface area (Å²) in [6.07, 6.45) is -5.36. The van der Waals surface area contributed by atoms with Crippen molar-refractivity contribution in [2.24, 2.45) is 0 Å². The molecule has 1 nitrogen and oxygen atoms in total. The molecule has 0 aliphatic heterocycles. The van der Waals surface area contributed by atoms with Crippen LogP contribution in [0.25, 0.3) is 0 Å². The molecule has 0 aromatic heterocycles. The maximum Gasteiger partial charge on any atom is 0.425 e. The molecule has 0 fully saturated rings. The first-order valence-electron chi connectivity index (χ1n) is 4.18. The molecule has 1 radical (unpaired) electrons. The average molecular weight is 203 g/mol. The minimum atomic E-state index is -4.43.